The van der Waals surface area contributed by atoms with Gasteiger partial charge in [-0.1, -0.05) is 6.92 Å². The van der Waals surface area contributed by atoms with E-state index in [1.54, 1.807) is 7.05 Å². The third kappa shape index (κ3) is 2.60. The molecule has 0 amide bonds. The van der Waals surface area contributed by atoms with Gasteiger partial charge in [0.1, 0.15) is 0 Å². The van der Waals surface area contributed by atoms with Crippen LogP contribution < -0.4 is 5.32 Å². The average molecular weight is 271 g/mol. The third-order valence-corrected chi connectivity index (χ3v) is 2.73. The predicted octanol–water partition coefficient (Wildman–Crippen LogP) is 2.82. The summed E-state index contributed by atoms with van der Waals surface area (Å²) in [5.74, 6) is -3.86. The van der Waals surface area contributed by atoms with Gasteiger partial charge in [-0.2, -0.15) is 0 Å². The van der Waals surface area contributed by atoms with Crippen molar-refractivity contribution >= 4 is 0 Å². The molecule has 7 heteroatoms. The third-order valence-electron chi connectivity index (χ3n) is 2.73. The zero-order chi connectivity index (χ0) is 14.0. The molecule has 2 aromatic rings. The van der Waals surface area contributed by atoms with Crippen LogP contribution in [0.1, 0.15) is 25.3 Å². The Labute approximate surface area is 107 Å². The number of aromatic nitrogens is 2. The number of benzene rings is 1. The van der Waals surface area contributed by atoms with Gasteiger partial charge in [-0.25, -0.2) is 13.2 Å². The van der Waals surface area contributed by atoms with Gasteiger partial charge >= 0.3 is 0 Å². The molecule has 0 aliphatic carbocycles. The Balaban J connectivity index is 2.38. The van der Waals surface area contributed by atoms with E-state index in [1.165, 1.54) is 0 Å². The summed E-state index contributed by atoms with van der Waals surface area (Å²) in [6.07, 6.45) is 0.713. The summed E-state index contributed by atoms with van der Waals surface area (Å²) in [6.45, 7) is 1.92. The number of halogens is 3. The van der Waals surface area contributed by atoms with Crippen molar-refractivity contribution in [1.29, 1.82) is 0 Å². The second-order valence-electron chi connectivity index (χ2n) is 3.95. The standard InChI is InChI=1S/C12H12F3N3O/c1-3-9(16-2)12-18-17-11(19-12)6-4-7(13)10(15)8(14)5-6/h4-5,9,16H,3H2,1-2H3. The number of nitrogens with zero attached hydrogens (tertiary/aromatic N) is 2. The highest BCUT2D eigenvalue weighted by Gasteiger charge is 2.18. The highest BCUT2D eigenvalue weighted by molar-refractivity contribution is 5.52. The van der Waals surface area contributed by atoms with Crippen molar-refractivity contribution in [2.24, 2.45) is 0 Å². The van der Waals surface area contributed by atoms with Crippen molar-refractivity contribution in [3.8, 4) is 11.5 Å². The lowest BCUT2D eigenvalue weighted by molar-refractivity contribution is 0.413. The van der Waals surface area contributed by atoms with E-state index < -0.39 is 17.5 Å². The molecule has 0 fully saturated rings. The van der Waals surface area contributed by atoms with Crippen LogP contribution in [0.25, 0.3) is 11.5 Å². The minimum atomic E-state index is -1.52. The zero-order valence-corrected chi connectivity index (χ0v) is 10.4. The van der Waals surface area contributed by atoms with Gasteiger partial charge in [0.15, 0.2) is 17.5 Å². The highest BCUT2D eigenvalue weighted by atomic mass is 19.2. The summed E-state index contributed by atoms with van der Waals surface area (Å²) in [5.41, 5.74) is 0.00102. The SMILES string of the molecule is CCC(NC)c1nnc(-c2cc(F)c(F)c(F)c2)o1. The van der Waals surface area contributed by atoms with Crippen LogP contribution in [0.5, 0.6) is 0 Å². The number of rotatable bonds is 4. The van der Waals surface area contributed by atoms with E-state index in [-0.39, 0.29) is 17.5 Å². The van der Waals surface area contributed by atoms with Gasteiger partial charge in [0, 0.05) is 5.56 Å². The van der Waals surface area contributed by atoms with Crippen LogP contribution in [0.15, 0.2) is 16.5 Å². The number of hydrogen-bond acceptors (Lipinski definition) is 4. The lowest BCUT2D eigenvalue weighted by Crippen LogP contribution is -2.15. The fourth-order valence-corrected chi connectivity index (χ4v) is 1.67. The Morgan fingerprint density at radius 1 is 1.21 bits per heavy atom. The molecular formula is C12H12F3N3O. The van der Waals surface area contributed by atoms with Crippen molar-refractivity contribution in [2.45, 2.75) is 19.4 Å². The molecule has 0 aliphatic rings. The van der Waals surface area contributed by atoms with Crippen LogP contribution in [0.4, 0.5) is 13.2 Å². The van der Waals surface area contributed by atoms with Gasteiger partial charge in [0.25, 0.3) is 0 Å². The van der Waals surface area contributed by atoms with Crippen LogP contribution in [0, 0.1) is 17.5 Å². The Morgan fingerprint density at radius 2 is 1.84 bits per heavy atom. The minimum Gasteiger partial charge on any atom is -0.419 e. The highest BCUT2D eigenvalue weighted by Crippen LogP contribution is 2.24. The van der Waals surface area contributed by atoms with Crippen LogP contribution in [-0.2, 0) is 0 Å². The number of hydrogen-bond donors (Lipinski definition) is 1. The monoisotopic (exact) mass is 271 g/mol. The van der Waals surface area contributed by atoms with Crippen molar-refractivity contribution in [3.05, 3.63) is 35.5 Å². The minimum absolute atomic E-state index is 0.00102. The van der Waals surface area contributed by atoms with Crippen molar-refractivity contribution in [3.63, 3.8) is 0 Å². The van der Waals surface area contributed by atoms with Gasteiger partial charge < -0.3 is 9.73 Å². The largest absolute Gasteiger partial charge is 0.419 e. The first-order valence-electron chi connectivity index (χ1n) is 5.72. The molecule has 0 spiro atoms. The fourth-order valence-electron chi connectivity index (χ4n) is 1.67. The molecule has 19 heavy (non-hydrogen) atoms. The fraction of sp³-hybridized carbons (Fsp3) is 0.333. The zero-order valence-electron chi connectivity index (χ0n) is 10.4. The van der Waals surface area contributed by atoms with Gasteiger partial charge in [-0.05, 0) is 25.6 Å². The summed E-state index contributed by atoms with van der Waals surface area (Å²) >= 11 is 0. The average Bonchev–Trinajstić information content (AvgIpc) is 2.86. The summed E-state index contributed by atoms with van der Waals surface area (Å²) in [6, 6.07) is 1.49. The molecular weight excluding hydrogens is 259 g/mol. The Morgan fingerprint density at radius 3 is 2.37 bits per heavy atom. The molecule has 4 nitrogen and oxygen atoms in total. The van der Waals surface area contributed by atoms with Crippen LogP contribution in [0.2, 0.25) is 0 Å². The van der Waals surface area contributed by atoms with E-state index in [4.69, 9.17) is 4.42 Å². The van der Waals surface area contributed by atoms with Crippen molar-refractivity contribution in [2.75, 3.05) is 7.05 Å². The Bertz CT molecular complexity index is 558. The molecule has 2 rings (SSSR count). The maximum atomic E-state index is 13.1. The summed E-state index contributed by atoms with van der Waals surface area (Å²) in [5, 5.41) is 10.5. The molecule has 102 valence electrons. The molecule has 0 bridgehead atoms. The topological polar surface area (TPSA) is 51.0 Å². The van der Waals surface area contributed by atoms with Crippen LogP contribution >= 0.6 is 0 Å². The van der Waals surface area contributed by atoms with E-state index in [0.29, 0.717) is 12.3 Å². The summed E-state index contributed by atoms with van der Waals surface area (Å²) in [7, 11) is 1.73. The molecule has 0 saturated carbocycles. The summed E-state index contributed by atoms with van der Waals surface area (Å²) < 4.78 is 44.4. The molecule has 0 saturated heterocycles. The normalized spacial score (nSPS) is 12.7. The van der Waals surface area contributed by atoms with Crippen LogP contribution in [-0.4, -0.2) is 17.2 Å². The first-order valence-corrected chi connectivity index (χ1v) is 5.72. The first kappa shape index (κ1) is 13.5. The molecule has 1 N–H and O–H groups in total. The van der Waals surface area contributed by atoms with E-state index in [2.05, 4.69) is 15.5 Å². The van der Waals surface area contributed by atoms with E-state index in [0.717, 1.165) is 12.1 Å². The van der Waals surface area contributed by atoms with Crippen molar-refractivity contribution in [1.82, 2.24) is 15.5 Å². The van der Waals surface area contributed by atoms with E-state index in [9.17, 15) is 13.2 Å². The Kier molecular flexibility index (Phi) is 3.84. The maximum Gasteiger partial charge on any atom is 0.248 e. The van der Waals surface area contributed by atoms with Gasteiger partial charge in [0.2, 0.25) is 11.8 Å². The second kappa shape index (κ2) is 5.40. The van der Waals surface area contributed by atoms with Crippen LogP contribution in [0.3, 0.4) is 0 Å². The van der Waals surface area contributed by atoms with Gasteiger partial charge in [0.05, 0.1) is 6.04 Å². The molecule has 1 heterocycles. The molecule has 0 radical (unpaired) electrons. The van der Waals surface area contributed by atoms with E-state index >= 15 is 0 Å². The van der Waals surface area contributed by atoms with Gasteiger partial charge in [-0.3, -0.25) is 0 Å². The van der Waals surface area contributed by atoms with E-state index in [1.807, 2.05) is 6.92 Å². The summed E-state index contributed by atoms with van der Waals surface area (Å²) in [4.78, 5) is 0. The molecule has 1 aromatic heterocycles. The molecule has 1 aromatic carbocycles. The number of nitrogens with one attached hydrogen (secondary N) is 1. The van der Waals surface area contributed by atoms with Gasteiger partial charge in [-0.15, -0.1) is 10.2 Å². The quantitative estimate of drug-likeness (QED) is 0.869. The molecule has 0 aliphatic heterocycles. The van der Waals surface area contributed by atoms with Crippen molar-refractivity contribution < 1.29 is 17.6 Å². The Hall–Kier alpha value is -1.89. The second-order valence-corrected chi connectivity index (χ2v) is 3.95. The lowest BCUT2D eigenvalue weighted by atomic mass is 10.2. The first-order chi connectivity index (χ1) is 9.06. The molecule has 1 unspecified atom stereocenters. The lowest BCUT2D eigenvalue weighted by Gasteiger charge is -2.07. The maximum absolute atomic E-state index is 13.1. The smallest absolute Gasteiger partial charge is 0.248 e. The molecule has 1 atom stereocenters. The predicted molar refractivity (Wildman–Crippen MR) is 61.7 cm³/mol.